The Kier molecular flexibility index (Phi) is 4.88. The molecule has 1 aromatic heterocycles. The highest BCUT2D eigenvalue weighted by atomic mass is 35.5. The maximum absolute atomic E-state index is 12.1. The van der Waals surface area contributed by atoms with Gasteiger partial charge in [-0.15, -0.1) is 0 Å². The minimum absolute atomic E-state index is 0.221. The molecule has 0 radical (unpaired) electrons. The molecular weight excluding hydrogens is 288 g/mol. The van der Waals surface area contributed by atoms with Gasteiger partial charge in [-0.3, -0.25) is 9.78 Å². The van der Waals surface area contributed by atoms with Crippen LogP contribution in [-0.2, 0) is 0 Å². The number of aryl methyl sites for hydroxylation is 1. The first-order chi connectivity index (χ1) is 10.1. The van der Waals surface area contributed by atoms with Crippen LogP contribution in [0.15, 0.2) is 30.6 Å². The van der Waals surface area contributed by atoms with Crippen molar-refractivity contribution in [3.8, 4) is 11.8 Å². The predicted molar refractivity (Wildman–Crippen MR) is 82.1 cm³/mol. The number of aromatic nitrogens is 2. The smallest absolute Gasteiger partial charge is 0.275 e. The lowest BCUT2D eigenvalue weighted by Crippen LogP contribution is -2.15. The number of nitrogens with one attached hydrogen (secondary N) is 1. The zero-order valence-corrected chi connectivity index (χ0v) is 12.1. The Morgan fingerprint density at radius 1 is 1.38 bits per heavy atom. The van der Waals surface area contributed by atoms with Crippen molar-refractivity contribution in [1.29, 1.82) is 0 Å². The Hall–Kier alpha value is -2.42. The number of nitrogens with two attached hydrogens (primary N) is 1. The number of nitrogens with zero attached hydrogens (tertiary/aromatic N) is 2. The van der Waals surface area contributed by atoms with Crippen molar-refractivity contribution in [2.24, 2.45) is 5.73 Å². The van der Waals surface area contributed by atoms with Gasteiger partial charge in [-0.05, 0) is 25.1 Å². The van der Waals surface area contributed by atoms with E-state index in [9.17, 15) is 4.79 Å². The molecule has 0 aliphatic heterocycles. The number of halogens is 1. The fraction of sp³-hybridized carbons (Fsp3) is 0.133. The van der Waals surface area contributed by atoms with Crippen LogP contribution in [0.4, 0.5) is 5.69 Å². The second-order valence-electron chi connectivity index (χ2n) is 4.19. The van der Waals surface area contributed by atoms with Crippen LogP contribution in [0.25, 0.3) is 0 Å². The van der Waals surface area contributed by atoms with Crippen molar-refractivity contribution in [2.45, 2.75) is 6.92 Å². The molecule has 106 valence electrons. The van der Waals surface area contributed by atoms with Gasteiger partial charge >= 0.3 is 0 Å². The maximum Gasteiger partial charge on any atom is 0.275 e. The molecule has 0 saturated carbocycles. The number of carbonyl (C=O) groups excluding carboxylic acids is 1. The molecule has 0 fully saturated rings. The van der Waals surface area contributed by atoms with E-state index in [-0.39, 0.29) is 18.1 Å². The van der Waals surface area contributed by atoms with Gasteiger partial charge in [0.25, 0.3) is 5.91 Å². The zero-order valence-electron chi connectivity index (χ0n) is 11.4. The average Bonchev–Trinajstić information content (AvgIpc) is 2.47. The van der Waals surface area contributed by atoms with Gasteiger partial charge in [-0.1, -0.05) is 23.4 Å². The molecule has 1 heterocycles. The summed E-state index contributed by atoms with van der Waals surface area (Å²) in [6.45, 7) is 2.03. The van der Waals surface area contributed by atoms with Crippen LogP contribution in [0.1, 0.15) is 21.7 Å². The highest BCUT2D eigenvalue weighted by molar-refractivity contribution is 6.31. The molecule has 1 aromatic carbocycles. The van der Waals surface area contributed by atoms with Crippen molar-refractivity contribution in [3.05, 3.63) is 52.6 Å². The lowest BCUT2D eigenvalue weighted by molar-refractivity contribution is 0.102. The second kappa shape index (κ2) is 6.84. The van der Waals surface area contributed by atoms with Gasteiger partial charge in [0.2, 0.25) is 0 Å². The van der Waals surface area contributed by atoms with Crippen molar-refractivity contribution in [2.75, 3.05) is 11.9 Å². The Morgan fingerprint density at radius 3 is 2.86 bits per heavy atom. The molecule has 1 amide bonds. The largest absolute Gasteiger partial charge is 0.320 e. The van der Waals surface area contributed by atoms with Crippen LogP contribution < -0.4 is 11.1 Å². The van der Waals surface area contributed by atoms with E-state index in [4.69, 9.17) is 17.3 Å². The number of hydrogen-bond acceptors (Lipinski definition) is 4. The number of amides is 1. The number of benzene rings is 1. The Bertz CT molecular complexity index is 717. The molecule has 0 atom stereocenters. The van der Waals surface area contributed by atoms with Gasteiger partial charge in [-0.2, -0.15) is 0 Å². The fourth-order valence-electron chi connectivity index (χ4n) is 1.57. The van der Waals surface area contributed by atoms with Crippen LogP contribution >= 0.6 is 11.6 Å². The molecule has 2 aromatic rings. The van der Waals surface area contributed by atoms with Crippen LogP contribution in [-0.4, -0.2) is 22.4 Å². The number of carbonyl (C=O) groups is 1. The topological polar surface area (TPSA) is 80.9 Å². The molecular formula is C15H13ClN4O. The van der Waals surface area contributed by atoms with Crippen LogP contribution in [0.2, 0.25) is 5.02 Å². The van der Waals surface area contributed by atoms with E-state index >= 15 is 0 Å². The van der Waals surface area contributed by atoms with E-state index < -0.39 is 0 Å². The molecule has 0 aliphatic rings. The third-order valence-electron chi connectivity index (χ3n) is 2.57. The van der Waals surface area contributed by atoms with E-state index in [0.717, 1.165) is 5.69 Å². The SMILES string of the molecule is Cc1cnc(C(=O)Nc2cc(Cl)ccc2C#CCN)cn1. The fourth-order valence-corrected chi connectivity index (χ4v) is 1.74. The highest BCUT2D eigenvalue weighted by Crippen LogP contribution is 2.20. The lowest BCUT2D eigenvalue weighted by atomic mass is 10.1. The molecule has 3 N–H and O–H groups in total. The number of rotatable bonds is 2. The maximum atomic E-state index is 12.1. The minimum Gasteiger partial charge on any atom is -0.320 e. The summed E-state index contributed by atoms with van der Waals surface area (Å²) in [6.07, 6.45) is 2.95. The van der Waals surface area contributed by atoms with Crippen molar-refractivity contribution in [1.82, 2.24) is 9.97 Å². The summed E-state index contributed by atoms with van der Waals surface area (Å²) in [4.78, 5) is 20.2. The first kappa shape index (κ1) is 15.0. The molecule has 0 saturated heterocycles. The molecule has 0 spiro atoms. The third kappa shape index (κ3) is 4.02. The van der Waals surface area contributed by atoms with E-state index in [1.165, 1.54) is 12.4 Å². The summed E-state index contributed by atoms with van der Waals surface area (Å²) in [7, 11) is 0. The van der Waals surface area contributed by atoms with Crippen molar-refractivity contribution < 1.29 is 4.79 Å². The van der Waals surface area contributed by atoms with Crippen LogP contribution in [0, 0.1) is 18.8 Å². The molecule has 5 nitrogen and oxygen atoms in total. The predicted octanol–water partition coefficient (Wildman–Crippen LogP) is 2.00. The van der Waals surface area contributed by atoms with Gasteiger partial charge < -0.3 is 11.1 Å². The first-order valence-corrected chi connectivity index (χ1v) is 6.56. The van der Waals surface area contributed by atoms with E-state index in [1.807, 2.05) is 0 Å². The van der Waals surface area contributed by atoms with Crippen LogP contribution in [0.3, 0.4) is 0 Å². The van der Waals surface area contributed by atoms with Gasteiger partial charge in [0.05, 0.1) is 24.1 Å². The number of anilines is 1. The Labute approximate surface area is 127 Å². The summed E-state index contributed by atoms with van der Waals surface area (Å²) in [5.41, 5.74) is 7.47. The second-order valence-corrected chi connectivity index (χ2v) is 4.63. The molecule has 0 bridgehead atoms. The summed E-state index contributed by atoms with van der Waals surface area (Å²) in [5, 5.41) is 3.23. The van der Waals surface area contributed by atoms with E-state index in [1.54, 1.807) is 25.1 Å². The molecule has 6 heteroatoms. The third-order valence-corrected chi connectivity index (χ3v) is 2.80. The Morgan fingerprint density at radius 2 is 2.19 bits per heavy atom. The minimum atomic E-state index is -0.374. The summed E-state index contributed by atoms with van der Waals surface area (Å²) < 4.78 is 0. The molecule has 0 unspecified atom stereocenters. The molecule has 2 rings (SSSR count). The molecule has 0 aliphatic carbocycles. The number of hydrogen-bond donors (Lipinski definition) is 2. The Balaban J connectivity index is 2.27. The van der Waals surface area contributed by atoms with Gasteiger partial charge in [0.15, 0.2) is 0 Å². The normalized spacial score (nSPS) is 9.67. The standard InChI is InChI=1S/C15H13ClN4O/c1-10-8-19-14(9-18-10)15(21)20-13-7-12(16)5-4-11(13)3-2-6-17/h4-5,7-9H,6,17H2,1H3,(H,20,21). The zero-order chi connectivity index (χ0) is 15.2. The van der Waals surface area contributed by atoms with Crippen molar-refractivity contribution in [3.63, 3.8) is 0 Å². The summed E-state index contributed by atoms with van der Waals surface area (Å²) in [5.74, 6) is 5.25. The quantitative estimate of drug-likeness (QED) is 0.831. The van der Waals surface area contributed by atoms with Crippen LogP contribution in [0.5, 0.6) is 0 Å². The van der Waals surface area contributed by atoms with Gasteiger partial charge in [0, 0.05) is 16.8 Å². The highest BCUT2D eigenvalue weighted by Gasteiger charge is 2.10. The van der Waals surface area contributed by atoms with E-state index in [0.29, 0.717) is 16.3 Å². The van der Waals surface area contributed by atoms with Gasteiger partial charge in [0.1, 0.15) is 5.69 Å². The van der Waals surface area contributed by atoms with Gasteiger partial charge in [-0.25, -0.2) is 4.98 Å². The summed E-state index contributed by atoms with van der Waals surface area (Å²) >= 11 is 5.95. The lowest BCUT2D eigenvalue weighted by Gasteiger charge is -2.07. The average molecular weight is 301 g/mol. The summed E-state index contributed by atoms with van der Waals surface area (Å²) in [6, 6.07) is 5.05. The first-order valence-electron chi connectivity index (χ1n) is 6.18. The van der Waals surface area contributed by atoms with Crippen molar-refractivity contribution >= 4 is 23.2 Å². The monoisotopic (exact) mass is 300 g/mol. The molecule has 21 heavy (non-hydrogen) atoms. The van der Waals surface area contributed by atoms with E-state index in [2.05, 4.69) is 27.1 Å².